The molecule has 0 aromatic heterocycles. The van der Waals surface area contributed by atoms with Crippen molar-refractivity contribution >= 4 is 15.9 Å². The highest BCUT2D eigenvalue weighted by atomic mass is 32.3. The van der Waals surface area contributed by atoms with Crippen molar-refractivity contribution in [3.8, 4) is 11.5 Å². The van der Waals surface area contributed by atoms with Gasteiger partial charge in [-0.3, -0.25) is 4.79 Å². The molecule has 274 valence electrons. The van der Waals surface area contributed by atoms with Crippen molar-refractivity contribution in [3.63, 3.8) is 0 Å². The van der Waals surface area contributed by atoms with E-state index >= 15 is 0 Å². The van der Waals surface area contributed by atoms with Crippen molar-refractivity contribution in [1.29, 1.82) is 0 Å². The molecule has 1 saturated heterocycles. The highest BCUT2D eigenvalue weighted by molar-refractivity contribution is 8.34. The van der Waals surface area contributed by atoms with Crippen molar-refractivity contribution in [3.05, 3.63) is 59.7 Å². The minimum Gasteiger partial charge on any atom is -0.406 e. The zero-order valence-electron chi connectivity index (χ0n) is 27.3. The van der Waals surface area contributed by atoms with Gasteiger partial charge in [0.1, 0.15) is 11.5 Å². The number of alkyl halides is 9. The highest BCUT2D eigenvalue weighted by Gasteiger charge is 2.58. The first-order valence-electron chi connectivity index (χ1n) is 16.3. The van der Waals surface area contributed by atoms with Gasteiger partial charge in [0.15, 0.2) is 0 Å². The van der Waals surface area contributed by atoms with Crippen LogP contribution in [0.2, 0.25) is 0 Å². The summed E-state index contributed by atoms with van der Waals surface area (Å²) >= 11 is 0. The Balaban J connectivity index is 1.37. The highest BCUT2D eigenvalue weighted by Crippen LogP contribution is 2.68. The smallest absolute Gasteiger partial charge is 0.406 e. The van der Waals surface area contributed by atoms with Gasteiger partial charge in [0.25, 0.3) is 0 Å². The predicted molar refractivity (Wildman–Crippen MR) is 168 cm³/mol. The molecule has 3 aliphatic rings. The normalized spacial score (nSPS) is 32.2. The third kappa shape index (κ3) is 8.57. The minimum absolute atomic E-state index is 0.0883. The first kappa shape index (κ1) is 37.4. The van der Waals surface area contributed by atoms with Gasteiger partial charge in [-0.05, 0) is 108 Å². The van der Waals surface area contributed by atoms with Crippen molar-refractivity contribution < 1.29 is 53.8 Å². The maximum Gasteiger partial charge on any atom is 0.573 e. The van der Waals surface area contributed by atoms with E-state index in [1.165, 1.54) is 24.3 Å². The molecular weight excluding hydrogens is 687 g/mol. The van der Waals surface area contributed by atoms with Crippen LogP contribution in [0.3, 0.4) is 0 Å². The molecule has 49 heavy (non-hydrogen) atoms. The van der Waals surface area contributed by atoms with E-state index in [0.29, 0.717) is 36.8 Å². The van der Waals surface area contributed by atoms with E-state index in [4.69, 9.17) is 0 Å². The fourth-order valence-electron chi connectivity index (χ4n) is 8.88. The van der Waals surface area contributed by atoms with Crippen molar-refractivity contribution in [1.82, 2.24) is 10.6 Å². The molecule has 3 fully saturated rings. The lowest BCUT2D eigenvalue weighted by Gasteiger charge is -2.59. The van der Waals surface area contributed by atoms with E-state index < -0.39 is 63.3 Å². The molecule has 5 rings (SSSR count). The summed E-state index contributed by atoms with van der Waals surface area (Å²) in [6, 6.07) is 8.82. The Hall–Kier alpha value is -2.81. The second-order valence-corrected chi connectivity index (χ2v) is 18.0. The Labute approximate surface area is 281 Å². The number of amides is 1. The van der Waals surface area contributed by atoms with Crippen LogP contribution in [0.1, 0.15) is 76.0 Å². The summed E-state index contributed by atoms with van der Waals surface area (Å²) in [6.07, 6.45) is -7.50. The standard InChI is InChI=1S/C34H41F9N2O3S/c1-20-25-15-16-26(31(25,2)18-17-27(20)49(3)19-5-4-6-28(49)45-32(35,36)37)30(46)44-29(21-7-11-23(12-8-21)47-33(38,39)40)22-9-13-24(14-10-22)48-34(41,42)43/h7-14,20,25-29,45H,4-6,15-19H2,1-3H3,(H,44,46)/t20?,25?,26?,27?,28?,31-/m0/s1. The number of hydrogen-bond acceptors (Lipinski definition) is 4. The van der Waals surface area contributed by atoms with Crippen LogP contribution in [0.5, 0.6) is 11.5 Å². The van der Waals surface area contributed by atoms with Gasteiger partial charge in [0.2, 0.25) is 5.91 Å². The van der Waals surface area contributed by atoms with Crippen LogP contribution in [0.4, 0.5) is 39.5 Å². The Kier molecular flexibility index (Phi) is 10.5. The van der Waals surface area contributed by atoms with Gasteiger partial charge in [0.05, 0.1) is 6.04 Å². The molecule has 1 amide bonds. The lowest BCUT2D eigenvalue weighted by Crippen LogP contribution is -2.53. The number of fused-ring (bicyclic) bond motifs is 1. The number of benzene rings is 2. The van der Waals surface area contributed by atoms with Gasteiger partial charge in [0, 0.05) is 11.3 Å². The number of carbonyl (C=O) groups is 1. The van der Waals surface area contributed by atoms with Crippen LogP contribution >= 0.6 is 10.0 Å². The Morgan fingerprint density at radius 1 is 0.816 bits per heavy atom. The number of halogens is 9. The topological polar surface area (TPSA) is 59.6 Å². The Bertz CT molecular complexity index is 1390. The zero-order valence-corrected chi connectivity index (χ0v) is 28.1. The molecule has 0 spiro atoms. The van der Waals surface area contributed by atoms with E-state index in [1.807, 2.05) is 5.32 Å². The largest absolute Gasteiger partial charge is 0.573 e. The fourth-order valence-corrected chi connectivity index (χ4v) is 13.7. The molecular formula is C34H41F9N2O3S. The summed E-state index contributed by atoms with van der Waals surface area (Å²) in [6.45, 7) is 4.18. The number of ether oxygens (including phenoxy) is 2. The Morgan fingerprint density at radius 2 is 1.35 bits per heavy atom. The monoisotopic (exact) mass is 728 g/mol. The van der Waals surface area contributed by atoms with Crippen LogP contribution < -0.4 is 20.1 Å². The SMILES string of the molecule is CC1C2CCC(C(=O)NC(c3ccc(OC(F)(F)F)cc3)c3ccc(OC(F)(F)F)cc3)[C@@]2(C)CCC1S1(C)CCCCC1NC(F)(F)F. The zero-order chi connectivity index (χ0) is 36.0. The predicted octanol–water partition coefficient (Wildman–Crippen LogP) is 9.57. The van der Waals surface area contributed by atoms with Crippen molar-refractivity contribution in [2.45, 2.75) is 94.5 Å². The minimum atomic E-state index is -4.92. The average molecular weight is 729 g/mol. The molecule has 0 bridgehead atoms. The lowest BCUT2D eigenvalue weighted by atomic mass is 9.61. The molecule has 2 aliphatic carbocycles. The third-order valence-corrected chi connectivity index (χ3v) is 15.9. The molecule has 5 nitrogen and oxygen atoms in total. The van der Waals surface area contributed by atoms with Gasteiger partial charge >= 0.3 is 19.0 Å². The second-order valence-electron chi connectivity index (χ2n) is 13.9. The molecule has 2 aromatic rings. The van der Waals surface area contributed by atoms with Crippen LogP contribution in [-0.4, -0.2) is 47.6 Å². The van der Waals surface area contributed by atoms with Crippen LogP contribution in [-0.2, 0) is 4.79 Å². The van der Waals surface area contributed by atoms with Gasteiger partial charge in [-0.25, -0.2) is 15.3 Å². The number of hydrogen-bond donors (Lipinski definition) is 2. The lowest BCUT2D eigenvalue weighted by molar-refractivity contribution is -0.275. The molecule has 0 radical (unpaired) electrons. The summed E-state index contributed by atoms with van der Waals surface area (Å²) in [5.74, 6) is -0.768. The third-order valence-electron chi connectivity index (χ3n) is 11.1. The average Bonchev–Trinajstić information content (AvgIpc) is 3.34. The van der Waals surface area contributed by atoms with E-state index in [2.05, 4.69) is 34.9 Å². The summed E-state index contributed by atoms with van der Waals surface area (Å²) in [7, 11) is -1.68. The fraction of sp³-hybridized carbons (Fsp3) is 0.618. The number of carbonyl (C=O) groups excluding carboxylic acids is 1. The summed E-state index contributed by atoms with van der Waals surface area (Å²) in [4.78, 5) is 14.1. The van der Waals surface area contributed by atoms with Crippen molar-refractivity contribution in [2.24, 2.45) is 23.2 Å². The van der Waals surface area contributed by atoms with E-state index in [0.717, 1.165) is 49.3 Å². The van der Waals surface area contributed by atoms with Gasteiger partial charge in [-0.1, -0.05) is 44.5 Å². The quantitative estimate of drug-likeness (QED) is 0.210. The van der Waals surface area contributed by atoms with E-state index in [9.17, 15) is 44.3 Å². The molecule has 2 N–H and O–H groups in total. The first-order chi connectivity index (χ1) is 22.7. The van der Waals surface area contributed by atoms with E-state index in [1.54, 1.807) is 0 Å². The maximum absolute atomic E-state index is 14.1. The molecule has 1 heterocycles. The molecule has 1 aliphatic heterocycles. The number of nitrogens with one attached hydrogen (secondary N) is 2. The molecule has 15 heteroatoms. The first-order valence-corrected chi connectivity index (χ1v) is 18.6. The summed E-state index contributed by atoms with van der Waals surface area (Å²) < 4.78 is 125. The summed E-state index contributed by atoms with van der Waals surface area (Å²) in [5, 5.41) is 4.51. The van der Waals surface area contributed by atoms with Crippen LogP contribution in [0.25, 0.3) is 0 Å². The van der Waals surface area contributed by atoms with Gasteiger partial charge in [-0.2, -0.15) is 13.2 Å². The summed E-state index contributed by atoms with van der Waals surface area (Å²) in [5.41, 5.74) is 0.305. The number of rotatable bonds is 8. The van der Waals surface area contributed by atoms with Gasteiger partial charge in [-0.15, -0.1) is 26.3 Å². The maximum atomic E-state index is 14.1. The molecule has 7 atom stereocenters. The van der Waals surface area contributed by atoms with E-state index in [-0.39, 0.29) is 23.0 Å². The van der Waals surface area contributed by atoms with Crippen molar-refractivity contribution in [2.75, 3.05) is 12.0 Å². The molecule has 6 unspecified atom stereocenters. The van der Waals surface area contributed by atoms with Crippen LogP contribution in [0, 0.1) is 23.2 Å². The van der Waals surface area contributed by atoms with Crippen LogP contribution in [0.15, 0.2) is 48.5 Å². The Morgan fingerprint density at radius 3 is 1.84 bits per heavy atom. The second kappa shape index (κ2) is 13.7. The molecule has 2 saturated carbocycles. The van der Waals surface area contributed by atoms with Gasteiger partial charge < -0.3 is 14.8 Å². The molecule has 2 aromatic carbocycles.